The number of hydrogen-bond donors (Lipinski definition) is 2. The molecule has 2 atom stereocenters. The highest BCUT2D eigenvalue weighted by Crippen LogP contribution is 2.32. The van der Waals surface area contributed by atoms with Crippen LogP contribution in [0.1, 0.15) is 24.5 Å². The second-order valence-electron chi connectivity index (χ2n) is 4.80. The van der Waals surface area contributed by atoms with Crippen molar-refractivity contribution < 1.29 is 0 Å². The lowest BCUT2D eigenvalue weighted by molar-refractivity contribution is 0.893. The van der Waals surface area contributed by atoms with Crippen LogP contribution in [0.4, 0.5) is 5.69 Å². The summed E-state index contributed by atoms with van der Waals surface area (Å²) in [6.07, 6.45) is 1.16. The average molecular weight is 217 g/mol. The SMILES string of the molecule is Cc1cc(C)cc(NC(N)=NC2CC2C)c1. The van der Waals surface area contributed by atoms with Gasteiger partial charge in [-0.1, -0.05) is 13.0 Å². The Labute approximate surface area is 96.8 Å². The smallest absolute Gasteiger partial charge is 0.193 e. The molecule has 1 aliphatic rings. The maximum Gasteiger partial charge on any atom is 0.193 e. The quantitative estimate of drug-likeness (QED) is 0.590. The molecule has 0 radical (unpaired) electrons. The summed E-state index contributed by atoms with van der Waals surface area (Å²) < 4.78 is 0. The first-order valence-electron chi connectivity index (χ1n) is 5.73. The first-order valence-corrected chi connectivity index (χ1v) is 5.73. The predicted molar refractivity (Wildman–Crippen MR) is 68.7 cm³/mol. The molecule has 1 aromatic rings. The van der Waals surface area contributed by atoms with Crippen LogP contribution in [0.3, 0.4) is 0 Å². The fourth-order valence-corrected chi connectivity index (χ4v) is 1.89. The topological polar surface area (TPSA) is 50.4 Å². The molecule has 16 heavy (non-hydrogen) atoms. The summed E-state index contributed by atoms with van der Waals surface area (Å²) in [6, 6.07) is 6.72. The Morgan fingerprint density at radius 1 is 1.31 bits per heavy atom. The lowest BCUT2D eigenvalue weighted by Gasteiger charge is -2.07. The minimum atomic E-state index is 0.429. The third-order valence-corrected chi connectivity index (χ3v) is 2.87. The van der Waals surface area contributed by atoms with E-state index in [-0.39, 0.29) is 0 Å². The molecule has 3 N–H and O–H groups in total. The van der Waals surface area contributed by atoms with Gasteiger partial charge in [-0.05, 0) is 49.4 Å². The molecule has 0 saturated heterocycles. The number of hydrogen-bond acceptors (Lipinski definition) is 1. The van der Waals surface area contributed by atoms with Gasteiger partial charge >= 0.3 is 0 Å². The third kappa shape index (κ3) is 2.75. The summed E-state index contributed by atoms with van der Waals surface area (Å²) in [5, 5.41) is 3.14. The van der Waals surface area contributed by atoms with Crippen molar-refractivity contribution >= 4 is 11.6 Å². The first-order chi connectivity index (χ1) is 7.54. The Balaban J connectivity index is 2.05. The highest BCUT2D eigenvalue weighted by atomic mass is 15.1. The number of benzene rings is 1. The summed E-state index contributed by atoms with van der Waals surface area (Å²) in [4.78, 5) is 4.41. The van der Waals surface area contributed by atoms with Crippen LogP contribution in [0.15, 0.2) is 23.2 Å². The van der Waals surface area contributed by atoms with Gasteiger partial charge in [-0.2, -0.15) is 0 Å². The number of aryl methyl sites for hydroxylation is 2. The van der Waals surface area contributed by atoms with Crippen molar-refractivity contribution in [3.8, 4) is 0 Å². The third-order valence-electron chi connectivity index (χ3n) is 2.87. The van der Waals surface area contributed by atoms with Crippen LogP contribution in [0.2, 0.25) is 0 Å². The molecule has 0 aliphatic heterocycles. The van der Waals surface area contributed by atoms with Gasteiger partial charge in [-0.25, -0.2) is 4.99 Å². The van der Waals surface area contributed by atoms with E-state index in [4.69, 9.17) is 5.73 Å². The molecule has 86 valence electrons. The Bertz CT molecular complexity index is 403. The molecule has 3 nitrogen and oxygen atoms in total. The Morgan fingerprint density at radius 3 is 2.38 bits per heavy atom. The molecule has 3 heteroatoms. The molecular formula is C13H19N3. The van der Waals surface area contributed by atoms with Crippen LogP contribution in [0, 0.1) is 19.8 Å². The minimum Gasteiger partial charge on any atom is -0.370 e. The average Bonchev–Trinajstić information content (AvgIpc) is 2.78. The van der Waals surface area contributed by atoms with Crippen LogP contribution in [-0.4, -0.2) is 12.0 Å². The van der Waals surface area contributed by atoms with Crippen molar-refractivity contribution in [2.24, 2.45) is 16.6 Å². The van der Waals surface area contributed by atoms with E-state index >= 15 is 0 Å². The molecule has 0 amide bonds. The number of rotatable bonds is 2. The monoisotopic (exact) mass is 217 g/mol. The molecule has 0 spiro atoms. The Morgan fingerprint density at radius 2 is 1.88 bits per heavy atom. The Hall–Kier alpha value is -1.51. The lowest BCUT2D eigenvalue weighted by Crippen LogP contribution is -2.23. The van der Waals surface area contributed by atoms with E-state index in [1.807, 2.05) is 0 Å². The number of nitrogens with zero attached hydrogens (tertiary/aromatic N) is 1. The molecule has 1 aromatic carbocycles. The second-order valence-corrected chi connectivity index (χ2v) is 4.80. The van der Waals surface area contributed by atoms with Gasteiger partial charge in [0.1, 0.15) is 0 Å². The maximum absolute atomic E-state index is 5.85. The van der Waals surface area contributed by atoms with E-state index in [9.17, 15) is 0 Å². The van der Waals surface area contributed by atoms with Gasteiger partial charge in [0.15, 0.2) is 5.96 Å². The van der Waals surface area contributed by atoms with Crippen molar-refractivity contribution in [2.75, 3.05) is 5.32 Å². The van der Waals surface area contributed by atoms with Crippen molar-refractivity contribution in [1.29, 1.82) is 0 Å². The van der Waals surface area contributed by atoms with Gasteiger partial charge in [-0.15, -0.1) is 0 Å². The van der Waals surface area contributed by atoms with Gasteiger partial charge in [0.05, 0.1) is 6.04 Å². The fourth-order valence-electron chi connectivity index (χ4n) is 1.89. The first kappa shape index (κ1) is 11.0. The van der Waals surface area contributed by atoms with Gasteiger partial charge in [-0.3, -0.25) is 0 Å². The van der Waals surface area contributed by atoms with Crippen LogP contribution < -0.4 is 11.1 Å². The highest BCUT2D eigenvalue weighted by Gasteiger charge is 2.32. The van der Waals surface area contributed by atoms with Crippen LogP contribution in [0.25, 0.3) is 0 Å². The molecular weight excluding hydrogens is 198 g/mol. The number of nitrogens with two attached hydrogens (primary N) is 1. The molecule has 0 bridgehead atoms. The molecule has 1 aliphatic carbocycles. The maximum atomic E-state index is 5.85. The lowest BCUT2D eigenvalue weighted by atomic mass is 10.1. The molecule has 1 fully saturated rings. The molecule has 1 saturated carbocycles. The van der Waals surface area contributed by atoms with E-state index in [1.165, 1.54) is 11.1 Å². The van der Waals surface area contributed by atoms with E-state index in [1.54, 1.807) is 0 Å². The van der Waals surface area contributed by atoms with Crippen LogP contribution >= 0.6 is 0 Å². The normalized spacial score (nSPS) is 24.3. The summed E-state index contributed by atoms with van der Waals surface area (Å²) in [5.74, 6) is 1.22. The van der Waals surface area contributed by atoms with E-state index in [0.717, 1.165) is 12.1 Å². The summed E-state index contributed by atoms with van der Waals surface area (Å²) in [5.41, 5.74) is 9.33. The largest absolute Gasteiger partial charge is 0.370 e. The van der Waals surface area contributed by atoms with Crippen molar-refractivity contribution in [1.82, 2.24) is 0 Å². The number of anilines is 1. The van der Waals surface area contributed by atoms with Gasteiger partial charge in [0.25, 0.3) is 0 Å². The van der Waals surface area contributed by atoms with Gasteiger partial charge in [0.2, 0.25) is 0 Å². The van der Waals surface area contributed by atoms with E-state index < -0.39 is 0 Å². The number of aliphatic imine (C=N–C) groups is 1. The summed E-state index contributed by atoms with van der Waals surface area (Å²) >= 11 is 0. The van der Waals surface area contributed by atoms with Crippen molar-refractivity contribution in [3.05, 3.63) is 29.3 Å². The Kier molecular flexibility index (Phi) is 2.86. The minimum absolute atomic E-state index is 0.429. The zero-order chi connectivity index (χ0) is 11.7. The summed E-state index contributed by atoms with van der Waals surface area (Å²) in [7, 11) is 0. The van der Waals surface area contributed by atoms with Crippen molar-refractivity contribution in [3.63, 3.8) is 0 Å². The molecule has 2 unspecified atom stereocenters. The molecule has 0 heterocycles. The zero-order valence-electron chi connectivity index (χ0n) is 10.1. The molecule has 0 aromatic heterocycles. The number of nitrogens with one attached hydrogen (secondary N) is 1. The second kappa shape index (κ2) is 4.16. The van der Waals surface area contributed by atoms with Crippen LogP contribution in [0.5, 0.6) is 0 Å². The van der Waals surface area contributed by atoms with Gasteiger partial charge < -0.3 is 11.1 Å². The van der Waals surface area contributed by atoms with Gasteiger partial charge in [0, 0.05) is 5.69 Å². The van der Waals surface area contributed by atoms with E-state index in [2.05, 4.69) is 49.3 Å². The highest BCUT2D eigenvalue weighted by molar-refractivity contribution is 5.92. The standard InChI is InChI=1S/C13H19N3/c1-8-4-9(2)6-11(5-8)15-13(14)16-12-7-10(12)3/h4-6,10,12H,7H2,1-3H3,(H3,14,15,16). The summed E-state index contributed by atoms with van der Waals surface area (Å²) in [6.45, 7) is 6.35. The molecule has 2 rings (SSSR count). The van der Waals surface area contributed by atoms with Crippen LogP contribution in [-0.2, 0) is 0 Å². The zero-order valence-corrected chi connectivity index (χ0v) is 10.1. The predicted octanol–water partition coefficient (Wildman–Crippen LogP) is 2.44. The number of guanidine groups is 1. The van der Waals surface area contributed by atoms with E-state index in [0.29, 0.717) is 17.9 Å². The van der Waals surface area contributed by atoms with Crippen molar-refractivity contribution in [2.45, 2.75) is 33.2 Å². The fraction of sp³-hybridized carbons (Fsp3) is 0.462.